The number of halogens is 1. The molecule has 0 radical (unpaired) electrons. The maximum absolute atomic E-state index is 12.7. The minimum Gasteiger partial charge on any atom is -0.377 e. The lowest BCUT2D eigenvalue weighted by atomic mass is 9.57. The van der Waals surface area contributed by atoms with Crippen LogP contribution in [0.25, 0.3) is 0 Å². The van der Waals surface area contributed by atoms with Gasteiger partial charge in [0, 0.05) is 44.1 Å². The van der Waals surface area contributed by atoms with E-state index in [2.05, 4.69) is 41.6 Å². The summed E-state index contributed by atoms with van der Waals surface area (Å²) < 4.78 is 5.86. The summed E-state index contributed by atoms with van der Waals surface area (Å²) in [6, 6.07) is 0.352. The van der Waals surface area contributed by atoms with Gasteiger partial charge in [-0.2, -0.15) is 0 Å². The second kappa shape index (κ2) is 8.07. The quantitative estimate of drug-likeness (QED) is 0.142. The molecule has 8 heteroatoms. The van der Waals surface area contributed by atoms with Gasteiger partial charge in [0.05, 0.1) is 17.9 Å². The van der Waals surface area contributed by atoms with Gasteiger partial charge in [-0.25, -0.2) is 0 Å². The summed E-state index contributed by atoms with van der Waals surface area (Å²) in [5.74, 6) is 1.79. The van der Waals surface area contributed by atoms with Crippen molar-refractivity contribution < 1.29 is 14.3 Å². The van der Waals surface area contributed by atoms with Crippen molar-refractivity contribution in [2.45, 2.75) is 45.3 Å². The average molecular weight is 528 g/mol. The predicted octanol–water partition coefficient (Wildman–Crippen LogP) is 1.78. The maximum atomic E-state index is 12.7. The van der Waals surface area contributed by atoms with Crippen LogP contribution in [0, 0.1) is 35.0 Å². The molecular weight excluding hydrogens is 495 g/mol. The van der Waals surface area contributed by atoms with E-state index in [-0.39, 0.29) is 64.9 Å². The fourth-order valence-electron chi connectivity index (χ4n) is 6.59. The highest BCUT2D eigenvalue weighted by molar-refractivity contribution is 14.0. The number of nitrogens with one attached hydrogen (secondary N) is 2. The molecule has 3 aliphatic carbocycles. The van der Waals surface area contributed by atoms with Crippen LogP contribution in [0.2, 0.25) is 0 Å². The molecule has 7 nitrogen and oxygen atoms in total. The van der Waals surface area contributed by atoms with E-state index in [9.17, 15) is 9.59 Å². The Hall–Kier alpha value is -1.16. The van der Waals surface area contributed by atoms with E-state index in [1.54, 1.807) is 7.05 Å². The number of guanidine groups is 1. The number of aliphatic imine (C=N–C) groups is 1. The molecule has 0 aromatic carbocycles. The van der Waals surface area contributed by atoms with E-state index in [4.69, 9.17) is 4.74 Å². The maximum Gasteiger partial charge on any atom is 0.233 e. The summed E-state index contributed by atoms with van der Waals surface area (Å²) in [5.41, 5.74) is 0.0956. The van der Waals surface area contributed by atoms with Crippen LogP contribution in [0.1, 0.15) is 33.1 Å². The van der Waals surface area contributed by atoms with Crippen LogP contribution in [-0.4, -0.2) is 61.6 Å². The number of nitrogens with zero attached hydrogens (tertiary/aromatic N) is 2. The van der Waals surface area contributed by atoms with Crippen LogP contribution in [0.3, 0.4) is 0 Å². The standard InChI is InChI=1S/C22H32N4O3.HI/c1-22(2)17(14-7-10-29-18(14)22)25-21(23-3)24-8-4-9-26-19(27)15-12-5-6-13(11-12)16(15)20(26)28;/h5-6,12-18H,4,7-11H2,1-3H3,(H2,23,24,25);1H. The third-order valence-corrected chi connectivity index (χ3v) is 8.03. The molecule has 0 aromatic heterocycles. The van der Waals surface area contributed by atoms with Gasteiger partial charge in [0.25, 0.3) is 0 Å². The highest BCUT2D eigenvalue weighted by atomic mass is 127. The zero-order valence-corrected chi connectivity index (χ0v) is 20.3. The topological polar surface area (TPSA) is 83.0 Å². The lowest BCUT2D eigenvalue weighted by molar-refractivity contribution is -0.140. The summed E-state index contributed by atoms with van der Waals surface area (Å²) >= 11 is 0. The minimum absolute atomic E-state index is 0. The smallest absolute Gasteiger partial charge is 0.233 e. The van der Waals surface area contributed by atoms with Crippen molar-refractivity contribution in [1.29, 1.82) is 0 Å². The van der Waals surface area contributed by atoms with Crippen LogP contribution in [-0.2, 0) is 14.3 Å². The molecule has 2 heterocycles. The van der Waals surface area contributed by atoms with Crippen molar-refractivity contribution >= 4 is 41.8 Å². The first kappa shape index (κ1) is 22.0. The summed E-state index contributed by atoms with van der Waals surface area (Å²) in [4.78, 5) is 31.4. The molecule has 7 atom stereocenters. The Morgan fingerprint density at radius 2 is 1.90 bits per heavy atom. The molecule has 2 aliphatic heterocycles. The molecule has 2 bridgehead atoms. The van der Waals surface area contributed by atoms with Gasteiger partial charge in [0.2, 0.25) is 11.8 Å². The second-order valence-corrected chi connectivity index (χ2v) is 9.87. The molecule has 0 aromatic rings. The summed E-state index contributed by atoms with van der Waals surface area (Å²) in [6.07, 6.45) is 7.42. The number of imide groups is 1. The minimum atomic E-state index is -0.0951. The van der Waals surface area contributed by atoms with Crippen LogP contribution in [0.4, 0.5) is 0 Å². The second-order valence-electron chi connectivity index (χ2n) is 9.87. The van der Waals surface area contributed by atoms with Crippen LogP contribution < -0.4 is 10.6 Å². The number of carbonyl (C=O) groups excluding carboxylic acids is 2. The third kappa shape index (κ3) is 3.20. The normalized spacial score (nSPS) is 40.2. The first-order valence-electron chi connectivity index (χ1n) is 11.1. The van der Waals surface area contributed by atoms with Gasteiger partial charge < -0.3 is 15.4 Å². The fraction of sp³-hybridized carbons (Fsp3) is 0.773. The van der Waals surface area contributed by atoms with Gasteiger partial charge in [-0.1, -0.05) is 26.0 Å². The number of hydrogen-bond donors (Lipinski definition) is 2. The van der Waals surface area contributed by atoms with E-state index in [0.717, 1.165) is 31.8 Å². The van der Waals surface area contributed by atoms with E-state index >= 15 is 0 Å². The molecule has 2 N–H and O–H groups in total. The summed E-state index contributed by atoms with van der Waals surface area (Å²) in [5, 5.41) is 6.92. The van der Waals surface area contributed by atoms with E-state index in [0.29, 0.717) is 31.2 Å². The summed E-state index contributed by atoms with van der Waals surface area (Å²) in [6.45, 7) is 6.50. The monoisotopic (exact) mass is 528 g/mol. The molecule has 4 fully saturated rings. The van der Waals surface area contributed by atoms with Gasteiger partial charge in [-0.15, -0.1) is 24.0 Å². The van der Waals surface area contributed by atoms with E-state index in [1.807, 2.05) is 0 Å². The third-order valence-electron chi connectivity index (χ3n) is 8.03. The Morgan fingerprint density at radius 1 is 1.23 bits per heavy atom. The molecule has 166 valence electrons. The lowest BCUT2D eigenvalue weighted by Crippen LogP contribution is -2.68. The Labute approximate surface area is 195 Å². The van der Waals surface area contributed by atoms with Gasteiger partial charge >= 0.3 is 0 Å². The van der Waals surface area contributed by atoms with Crippen molar-refractivity contribution in [3.05, 3.63) is 12.2 Å². The number of allylic oxidation sites excluding steroid dienone is 2. The largest absolute Gasteiger partial charge is 0.377 e. The van der Waals surface area contributed by atoms with Crippen molar-refractivity contribution in [3.63, 3.8) is 0 Å². The first-order valence-corrected chi connectivity index (χ1v) is 11.1. The Kier molecular flexibility index (Phi) is 5.93. The molecule has 5 aliphatic rings. The highest BCUT2D eigenvalue weighted by Gasteiger charge is 2.60. The summed E-state index contributed by atoms with van der Waals surface area (Å²) in [7, 11) is 1.78. The number of amides is 2. The van der Waals surface area contributed by atoms with Gasteiger partial charge in [0.1, 0.15) is 0 Å². The van der Waals surface area contributed by atoms with Crippen molar-refractivity contribution in [1.82, 2.24) is 15.5 Å². The number of carbonyl (C=O) groups is 2. The van der Waals surface area contributed by atoms with Gasteiger partial charge in [0.15, 0.2) is 5.96 Å². The zero-order chi connectivity index (χ0) is 20.3. The molecule has 7 unspecified atom stereocenters. The number of ether oxygens (including phenoxy) is 1. The molecule has 0 spiro atoms. The SMILES string of the molecule is CN=C(NCCCN1C(=O)C2C3C=CC(C3)C2C1=O)NC1C2CCOC2C1(C)C.I. The average Bonchev–Trinajstić information content (AvgIpc) is 3.46. The Bertz CT molecular complexity index is 752. The molecule has 2 saturated heterocycles. The number of rotatable bonds is 5. The van der Waals surface area contributed by atoms with E-state index < -0.39 is 0 Å². The highest BCUT2D eigenvalue weighted by Crippen LogP contribution is 2.53. The Morgan fingerprint density at radius 3 is 2.53 bits per heavy atom. The lowest BCUT2D eigenvalue weighted by Gasteiger charge is -2.54. The molecule has 2 saturated carbocycles. The van der Waals surface area contributed by atoms with Crippen molar-refractivity contribution in [2.24, 2.45) is 40.0 Å². The van der Waals surface area contributed by atoms with Crippen LogP contribution in [0.15, 0.2) is 17.1 Å². The number of fused-ring (bicyclic) bond motifs is 6. The van der Waals surface area contributed by atoms with Crippen LogP contribution in [0.5, 0.6) is 0 Å². The predicted molar refractivity (Wildman–Crippen MR) is 124 cm³/mol. The molecular formula is C22H33IN4O3. The molecule has 30 heavy (non-hydrogen) atoms. The van der Waals surface area contributed by atoms with Gasteiger partial charge in [-0.3, -0.25) is 19.5 Å². The van der Waals surface area contributed by atoms with Crippen molar-refractivity contribution in [3.8, 4) is 0 Å². The first-order chi connectivity index (χ1) is 13.9. The van der Waals surface area contributed by atoms with Gasteiger partial charge in [-0.05, 0) is 31.1 Å². The molecule has 2 amide bonds. The molecule has 5 rings (SSSR count). The van der Waals surface area contributed by atoms with Crippen LogP contribution >= 0.6 is 24.0 Å². The van der Waals surface area contributed by atoms with E-state index in [1.165, 1.54) is 4.90 Å². The van der Waals surface area contributed by atoms with Crippen molar-refractivity contribution in [2.75, 3.05) is 26.7 Å². The Balaban J connectivity index is 0.00000218. The number of hydrogen-bond acceptors (Lipinski definition) is 4. The fourth-order valence-corrected chi connectivity index (χ4v) is 6.59. The zero-order valence-electron chi connectivity index (χ0n) is 18.0. The number of likely N-dealkylation sites (tertiary alicyclic amines) is 1.